The topological polar surface area (TPSA) is 74.9 Å². The van der Waals surface area contributed by atoms with Crippen molar-refractivity contribution in [1.29, 1.82) is 0 Å². The molecule has 0 spiro atoms. The van der Waals surface area contributed by atoms with E-state index in [-0.39, 0.29) is 11.9 Å². The summed E-state index contributed by atoms with van der Waals surface area (Å²) in [5, 5.41) is 4.77. The van der Waals surface area contributed by atoms with E-state index in [4.69, 9.17) is 20.9 Å². The van der Waals surface area contributed by atoms with E-state index in [0.717, 1.165) is 31.7 Å². The molecule has 0 N–H and O–H groups in total. The van der Waals surface area contributed by atoms with Gasteiger partial charge in [-0.05, 0) is 31.2 Å². The van der Waals surface area contributed by atoms with Crippen molar-refractivity contribution in [3.8, 4) is 11.4 Å². The molecule has 1 aromatic carbocycles. The summed E-state index contributed by atoms with van der Waals surface area (Å²) in [6.07, 6.45) is 0.564. The SMILES string of the molecule is C[C@@H](CC(=O)N1CCOCC1)N1CCN(Cc2nc(-c3ccc(Cl)cc3)no2)CC1. The Morgan fingerprint density at radius 1 is 1.10 bits per heavy atom. The largest absolute Gasteiger partial charge is 0.378 e. The van der Waals surface area contributed by atoms with E-state index in [9.17, 15) is 4.79 Å². The zero-order chi connectivity index (χ0) is 20.9. The van der Waals surface area contributed by atoms with Crippen molar-refractivity contribution in [2.24, 2.45) is 0 Å². The van der Waals surface area contributed by atoms with Gasteiger partial charge in [0.05, 0.1) is 19.8 Å². The Balaban J connectivity index is 1.23. The molecule has 1 amide bonds. The maximum Gasteiger partial charge on any atom is 0.241 e. The first kappa shape index (κ1) is 21.2. The first-order valence-electron chi connectivity index (χ1n) is 10.5. The van der Waals surface area contributed by atoms with E-state index < -0.39 is 0 Å². The van der Waals surface area contributed by atoms with Crippen LogP contribution in [0.1, 0.15) is 19.2 Å². The fourth-order valence-electron chi connectivity index (χ4n) is 3.91. The highest BCUT2D eigenvalue weighted by Crippen LogP contribution is 2.19. The van der Waals surface area contributed by atoms with E-state index in [1.807, 2.05) is 29.2 Å². The van der Waals surface area contributed by atoms with E-state index in [2.05, 4.69) is 26.9 Å². The van der Waals surface area contributed by atoms with Crippen LogP contribution < -0.4 is 0 Å². The minimum Gasteiger partial charge on any atom is -0.378 e. The van der Waals surface area contributed by atoms with Gasteiger partial charge in [-0.2, -0.15) is 4.98 Å². The van der Waals surface area contributed by atoms with Crippen molar-refractivity contribution in [1.82, 2.24) is 24.8 Å². The summed E-state index contributed by atoms with van der Waals surface area (Å²) < 4.78 is 10.8. The number of hydrogen-bond acceptors (Lipinski definition) is 7. The van der Waals surface area contributed by atoms with Gasteiger partial charge in [0, 0.05) is 62.3 Å². The molecular weight excluding hydrogens is 406 g/mol. The third kappa shape index (κ3) is 5.37. The molecule has 1 atom stereocenters. The van der Waals surface area contributed by atoms with E-state index in [1.54, 1.807) is 0 Å². The molecule has 2 aliphatic heterocycles. The summed E-state index contributed by atoms with van der Waals surface area (Å²) in [6, 6.07) is 7.64. The van der Waals surface area contributed by atoms with Gasteiger partial charge in [-0.25, -0.2) is 0 Å². The molecule has 30 heavy (non-hydrogen) atoms. The number of aromatic nitrogens is 2. The Morgan fingerprint density at radius 2 is 1.80 bits per heavy atom. The van der Waals surface area contributed by atoms with Crippen molar-refractivity contribution < 1.29 is 14.1 Å². The van der Waals surface area contributed by atoms with Crippen LogP contribution >= 0.6 is 11.6 Å². The first-order valence-corrected chi connectivity index (χ1v) is 10.9. The molecule has 0 radical (unpaired) electrons. The van der Waals surface area contributed by atoms with Crippen LogP contribution in [0.25, 0.3) is 11.4 Å². The summed E-state index contributed by atoms with van der Waals surface area (Å²) >= 11 is 5.93. The Labute approximate surface area is 181 Å². The second kappa shape index (κ2) is 9.87. The van der Waals surface area contributed by atoms with Gasteiger partial charge in [-0.1, -0.05) is 16.8 Å². The Morgan fingerprint density at radius 3 is 2.50 bits per heavy atom. The molecule has 2 aliphatic rings. The summed E-state index contributed by atoms with van der Waals surface area (Å²) in [6.45, 7) is 9.17. The molecule has 162 valence electrons. The van der Waals surface area contributed by atoms with Gasteiger partial charge in [0.15, 0.2) is 0 Å². The first-order chi connectivity index (χ1) is 14.6. The number of amides is 1. The van der Waals surface area contributed by atoms with Crippen LogP contribution in [-0.2, 0) is 16.1 Å². The van der Waals surface area contributed by atoms with Crippen molar-refractivity contribution in [3.63, 3.8) is 0 Å². The van der Waals surface area contributed by atoms with Crippen LogP contribution in [-0.4, -0.2) is 89.3 Å². The summed E-state index contributed by atoms with van der Waals surface area (Å²) in [5.74, 6) is 1.42. The molecule has 0 saturated carbocycles. The normalized spacial score (nSPS) is 19.7. The van der Waals surface area contributed by atoms with Crippen LogP contribution in [0.4, 0.5) is 0 Å². The van der Waals surface area contributed by atoms with E-state index in [0.29, 0.717) is 56.0 Å². The standard InChI is InChI=1S/C21H28ClN5O3/c1-16(14-20(28)27-10-12-29-13-11-27)26-8-6-25(7-9-26)15-19-23-21(24-30-19)17-2-4-18(22)5-3-17/h2-5,16H,6-15H2,1H3/t16-/m0/s1. The maximum absolute atomic E-state index is 12.5. The molecule has 0 aliphatic carbocycles. The fraction of sp³-hybridized carbons (Fsp3) is 0.571. The lowest BCUT2D eigenvalue weighted by molar-refractivity contribution is -0.136. The number of benzene rings is 1. The monoisotopic (exact) mass is 433 g/mol. The molecule has 1 aromatic heterocycles. The van der Waals surface area contributed by atoms with E-state index >= 15 is 0 Å². The average Bonchev–Trinajstić information content (AvgIpc) is 3.23. The molecule has 0 unspecified atom stereocenters. The minimum absolute atomic E-state index is 0.230. The van der Waals surface area contributed by atoms with Crippen molar-refractivity contribution in [2.45, 2.75) is 25.9 Å². The molecule has 9 heteroatoms. The number of nitrogens with zero attached hydrogens (tertiary/aromatic N) is 5. The van der Waals surface area contributed by atoms with Crippen LogP contribution in [0.3, 0.4) is 0 Å². The predicted molar refractivity (Wildman–Crippen MR) is 113 cm³/mol. The third-order valence-electron chi connectivity index (χ3n) is 5.79. The quantitative estimate of drug-likeness (QED) is 0.690. The fourth-order valence-corrected chi connectivity index (χ4v) is 4.04. The number of carbonyl (C=O) groups is 1. The van der Waals surface area contributed by atoms with Gasteiger partial charge < -0.3 is 14.2 Å². The van der Waals surface area contributed by atoms with Crippen LogP contribution in [0, 0.1) is 0 Å². The molecule has 3 heterocycles. The number of rotatable bonds is 6. The number of carbonyl (C=O) groups excluding carboxylic acids is 1. The lowest BCUT2D eigenvalue weighted by Crippen LogP contribution is -2.51. The van der Waals surface area contributed by atoms with Gasteiger partial charge >= 0.3 is 0 Å². The summed E-state index contributed by atoms with van der Waals surface area (Å²) in [4.78, 5) is 23.6. The maximum atomic E-state index is 12.5. The smallest absolute Gasteiger partial charge is 0.241 e. The number of piperazine rings is 1. The van der Waals surface area contributed by atoms with Gasteiger partial charge in [-0.15, -0.1) is 0 Å². The van der Waals surface area contributed by atoms with Gasteiger partial charge in [0.2, 0.25) is 17.6 Å². The highest BCUT2D eigenvalue weighted by molar-refractivity contribution is 6.30. The zero-order valence-corrected chi connectivity index (χ0v) is 18.1. The predicted octanol–water partition coefficient (Wildman–Crippen LogP) is 2.14. The molecule has 2 fully saturated rings. The molecule has 8 nitrogen and oxygen atoms in total. The lowest BCUT2D eigenvalue weighted by Gasteiger charge is -2.38. The Kier molecular flexibility index (Phi) is 6.99. The highest BCUT2D eigenvalue weighted by atomic mass is 35.5. The molecule has 0 bridgehead atoms. The lowest BCUT2D eigenvalue weighted by atomic mass is 10.1. The third-order valence-corrected chi connectivity index (χ3v) is 6.05. The van der Waals surface area contributed by atoms with Crippen molar-refractivity contribution >= 4 is 17.5 Å². The average molecular weight is 434 g/mol. The van der Waals surface area contributed by atoms with Crippen LogP contribution in [0.2, 0.25) is 5.02 Å². The number of hydrogen-bond donors (Lipinski definition) is 0. The summed E-state index contributed by atoms with van der Waals surface area (Å²) in [7, 11) is 0. The van der Waals surface area contributed by atoms with Gasteiger partial charge in [0.25, 0.3) is 0 Å². The number of ether oxygens (including phenoxy) is 1. The highest BCUT2D eigenvalue weighted by Gasteiger charge is 2.26. The van der Waals surface area contributed by atoms with Gasteiger partial charge in [0.1, 0.15) is 0 Å². The molecule has 2 aromatic rings. The zero-order valence-electron chi connectivity index (χ0n) is 17.3. The summed E-state index contributed by atoms with van der Waals surface area (Å²) in [5.41, 5.74) is 0.887. The second-order valence-electron chi connectivity index (χ2n) is 7.88. The minimum atomic E-state index is 0.230. The Hall–Kier alpha value is -2.00. The molecule has 4 rings (SSSR count). The van der Waals surface area contributed by atoms with Gasteiger partial charge in [-0.3, -0.25) is 14.6 Å². The van der Waals surface area contributed by atoms with Crippen molar-refractivity contribution in [2.75, 3.05) is 52.5 Å². The molecule has 2 saturated heterocycles. The molecular formula is C21H28ClN5O3. The van der Waals surface area contributed by atoms with Crippen LogP contribution in [0.5, 0.6) is 0 Å². The van der Waals surface area contributed by atoms with Crippen molar-refractivity contribution in [3.05, 3.63) is 35.2 Å². The Bertz CT molecular complexity index is 829. The second-order valence-corrected chi connectivity index (χ2v) is 8.31. The van der Waals surface area contributed by atoms with Crippen LogP contribution in [0.15, 0.2) is 28.8 Å². The van der Waals surface area contributed by atoms with E-state index in [1.165, 1.54) is 0 Å². The number of morpholine rings is 1. The number of halogens is 1.